The zero-order valence-corrected chi connectivity index (χ0v) is 11.4. The van der Waals surface area contributed by atoms with E-state index in [4.69, 9.17) is 0 Å². The van der Waals surface area contributed by atoms with Gasteiger partial charge in [-0.1, -0.05) is 17.7 Å². The second-order valence-electron chi connectivity index (χ2n) is 4.63. The van der Waals surface area contributed by atoms with Crippen LogP contribution in [0.1, 0.15) is 12.0 Å². The second kappa shape index (κ2) is 5.52. The molecule has 1 saturated heterocycles. The third kappa shape index (κ3) is 3.20. The van der Waals surface area contributed by atoms with E-state index in [2.05, 4.69) is 10.6 Å². The fraction of sp³-hybridized carbons (Fsp3) is 0.385. The molecule has 2 rings (SSSR count). The molecule has 0 spiro atoms. The first kappa shape index (κ1) is 13.7. The number of amides is 2. The fourth-order valence-corrected chi connectivity index (χ4v) is 3.23. The number of thioether (sulfide) groups is 1. The molecule has 1 heterocycles. The van der Waals surface area contributed by atoms with Gasteiger partial charge in [0.05, 0.1) is 0 Å². The average Bonchev–Trinajstić information content (AvgIpc) is 2.82. The number of carboxylic acid groups (broad SMARTS) is 1. The monoisotopic (exact) mass is 280 g/mol. The summed E-state index contributed by atoms with van der Waals surface area (Å²) in [5.74, 6) is 0.178. The molecule has 0 bridgehead atoms. The number of aliphatic carboxylic acids is 1. The van der Waals surface area contributed by atoms with E-state index >= 15 is 0 Å². The summed E-state index contributed by atoms with van der Waals surface area (Å²) in [4.78, 5) is 23.2. The molecule has 3 N–H and O–H groups in total. The number of benzene rings is 1. The van der Waals surface area contributed by atoms with Crippen LogP contribution in [0.2, 0.25) is 0 Å². The molecule has 1 unspecified atom stereocenters. The predicted molar refractivity (Wildman–Crippen MR) is 75.6 cm³/mol. The van der Waals surface area contributed by atoms with Gasteiger partial charge in [-0.05, 0) is 31.2 Å². The SMILES string of the molecule is Cc1ccc(NC(=O)NC2(C(=O)O)CCSC2)cc1. The molecule has 0 saturated carbocycles. The first-order valence-electron chi connectivity index (χ1n) is 5.99. The van der Waals surface area contributed by atoms with Crippen molar-refractivity contribution in [1.82, 2.24) is 5.32 Å². The highest BCUT2D eigenvalue weighted by atomic mass is 32.2. The molecule has 6 heteroatoms. The number of carbonyl (C=O) groups is 2. The number of urea groups is 1. The molecule has 0 radical (unpaired) electrons. The van der Waals surface area contributed by atoms with Crippen LogP contribution < -0.4 is 10.6 Å². The molecule has 1 aliphatic rings. The van der Waals surface area contributed by atoms with Crippen LogP contribution in [0.5, 0.6) is 0 Å². The van der Waals surface area contributed by atoms with E-state index in [9.17, 15) is 14.7 Å². The van der Waals surface area contributed by atoms with Crippen molar-refractivity contribution in [3.8, 4) is 0 Å². The summed E-state index contributed by atoms with van der Waals surface area (Å²) < 4.78 is 0. The van der Waals surface area contributed by atoms with Crippen LogP contribution in [0, 0.1) is 6.92 Å². The summed E-state index contributed by atoms with van der Waals surface area (Å²) in [7, 11) is 0. The lowest BCUT2D eigenvalue weighted by molar-refractivity contribution is -0.143. The molecule has 2 amide bonds. The van der Waals surface area contributed by atoms with Gasteiger partial charge in [-0.3, -0.25) is 0 Å². The van der Waals surface area contributed by atoms with Crippen molar-refractivity contribution in [3.05, 3.63) is 29.8 Å². The molecule has 0 aromatic heterocycles. The summed E-state index contributed by atoms with van der Waals surface area (Å²) in [6, 6.07) is 6.85. The van der Waals surface area contributed by atoms with Gasteiger partial charge in [0.25, 0.3) is 0 Å². The Morgan fingerprint density at radius 1 is 1.32 bits per heavy atom. The Morgan fingerprint density at radius 3 is 2.53 bits per heavy atom. The summed E-state index contributed by atoms with van der Waals surface area (Å²) >= 11 is 1.54. The molecular weight excluding hydrogens is 264 g/mol. The largest absolute Gasteiger partial charge is 0.479 e. The standard InChI is InChI=1S/C13H16N2O3S/c1-9-2-4-10(5-3-9)14-12(18)15-13(11(16)17)6-7-19-8-13/h2-5H,6-8H2,1H3,(H,16,17)(H2,14,15,18). The van der Waals surface area contributed by atoms with Crippen molar-refractivity contribution >= 4 is 29.4 Å². The van der Waals surface area contributed by atoms with Crippen molar-refractivity contribution in [3.63, 3.8) is 0 Å². The number of hydrogen-bond donors (Lipinski definition) is 3. The van der Waals surface area contributed by atoms with Crippen LogP contribution >= 0.6 is 11.8 Å². The van der Waals surface area contributed by atoms with Gasteiger partial charge in [-0.2, -0.15) is 11.8 Å². The zero-order chi connectivity index (χ0) is 13.9. The maximum Gasteiger partial charge on any atom is 0.330 e. The van der Waals surface area contributed by atoms with Crippen LogP contribution in [0.25, 0.3) is 0 Å². The normalized spacial score (nSPS) is 21.9. The molecule has 19 heavy (non-hydrogen) atoms. The molecule has 1 aliphatic heterocycles. The molecule has 1 aromatic carbocycles. The molecule has 1 atom stereocenters. The average molecular weight is 280 g/mol. The van der Waals surface area contributed by atoms with Crippen molar-refractivity contribution in [2.24, 2.45) is 0 Å². The Balaban J connectivity index is 2.00. The van der Waals surface area contributed by atoms with Gasteiger partial charge in [0.2, 0.25) is 0 Å². The number of hydrogen-bond acceptors (Lipinski definition) is 3. The van der Waals surface area contributed by atoms with Crippen LogP contribution in [0.4, 0.5) is 10.5 Å². The molecule has 1 aromatic rings. The zero-order valence-electron chi connectivity index (χ0n) is 10.6. The Hall–Kier alpha value is -1.69. The van der Waals surface area contributed by atoms with E-state index in [1.54, 1.807) is 12.1 Å². The van der Waals surface area contributed by atoms with Crippen LogP contribution in [-0.2, 0) is 4.79 Å². The van der Waals surface area contributed by atoms with Crippen LogP contribution in [0.3, 0.4) is 0 Å². The molecule has 0 aliphatic carbocycles. The van der Waals surface area contributed by atoms with Gasteiger partial charge in [0, 0.05) is 11.4 Å². The van der Waals surface area contributed by atoms with E-state index < -0.39 is 17.5 Å². The summed E-state index contributed by atoms with van der Waals surface area (Å²) in [6.45, 7) is 1.96. The lowest BCUT2D eigenvalue weighted by Gasteiger charge is -2.24. The van der Waals surface area contributed by atoms with E-state index in [-0.39, 0.29) is 0 Å². The van der Waals surface area contributed by atoms with Crippen molar-refractivity contribution < 1.29 is 14.7 Å². The highest BCUT2D eigenvalue weighted by Crippen LogP contribution is 2.28. The Bertz CT molecular complexity index is 481. The van der Waals surface area contributed by atoms with Gasteiger partial charge in [-0.25, -0.2) is 9.59 Å². The summed E-state index contributed by atoms with van der Waals surface area (Å²) in [5, 5.41) is 14.5. The van der Waals surface area contributed by atoms with Crippen molar-refractivity contribution in [2.45, 2.75) is 18.9 Å². The first-order chi connectivity index (χ1) is 9.02. The number of anilines is 1. The van der Waals surface area contributed by atoms with Gasteiger partial charge in [0.15, 0.2) is 0 Å². The third-order valence-electron chi connectivity index (χ3n) is 3.09. The minimum atomic E-state index is -1.14. The smallest absolute Gasteiger partial charge is 0.330 e. The first-order valence-corrected chi connectivity index (χ1v) is 7.14. The number of rotatable bonds is 3. The lowest BCUT2D eigenvalue weighted by atomic mass is 10.00. The third-order valence-corrected chi connectivity index (χ3v) is 4.28. The van der Waals surface area contributed by atoms with Gasteiger partial charge < -0.3 is 15.7 Å². The fourth-order valence-electron chi connectivity index (χ4n) is 1.90. The van der Waals surface area contributed by atoms with E-state index in [1.165, 1.54) is 11.8 Å². The number of carbonyl (C=O) groups excluding carboxylic acids is 1. The maximum absolute atomic E-state index is 11.9. The van der Waals surface area contributed by atoms with Gasteiger partial charge in [-0.15, -0.1) is 0 Å². The van der Waals surface area contributed by atoms with Gasteiger partial charge >= 0.3 is 12.0 Å². The molecule has 5 nitrogen and oxygen atoms in total. The van der Waals surface area contributed by atoms with E-state index in [0.717, 1.165) is 11.3 Å². The molecule has 102 valence electrons. The van der Waals surface area contributed by atoms with Crippen molar-refractivity contribution in [2.75, 3.05) is 16.8 Å². The number of nitrogens with one attached hydrogen (secondary N) is 2. The lowest BCUT2D eigenvalue weighted by Crippen LogP contribution is -2.55. The van der Waals surface area contributed by atoms with E-state index in [1.807, 2.05) is 19.1 Å². The maximum atomic E-state index is 11.9. The Kier molecular flexibility index (Phi) is 3.99. The van der Waals surface area contributed by atoms with E-state index in [0.29, 0.717) is 17.9 Å². The minimum Gasteiger partial charge on any atom is -0.479 e. The topological polar surface area (TPSA) is 78.4 Å². The highest BCUT2D eigenvalue weighted by Gasteiger charge is 2.43. The van der Waals surface area contributed by atoms with Crippen LogP contribution in [0.15, 0.2) is 24.3 Å². The number of carboxylic acids is 1. The van der Waals surface area contributed by atoms with Crippen molar-refractivity contribution in [1.29, 1.82) is 0 Å². The number of aryl methyl sites for hydroxylation is 1. The summed E-state index contributed by atoms with van der Waals surface area (Å²) in [6.07, 6.45) is 0.453. The molecular formula is C13H16N2O3S. The predicted octanol–water partition coefficient (Wildman–Crippen LogP) is 2.08. The Morgan fingerprint density at radius 2 is 2.00 bits per heavy atom. The highest BCUT2D eigenvalue weighted by molar-refractivity contribution is 7.99. The summed E-state index contributed by atoms with van der Waals surface area (Å²) in [5.41, 5.74) is 0.605. The van der Waals surface area contributed by atoms with Crippen LogP contribution in [-0.4, -0.2) is 34.2 Å². The Labute approximate surface area is 115 Å². The minimum absolute atomic E-state index is 0.406. The molecule has 1 fully saturated rings. The quantitative estimate of drug-likeness (QED) is 0.792. The van der Waals surface area contributed by atoms with Gasteiger partial charge in [0.1, 0.15) is 5.54 Å². The second-order valence-corrected chi connectivity index (χ2v) is 5.74.